The number of rotatable bonds is 4. The molecule has 2 rings (SSSR count). The van der Waals surface area contributed by atoms with E-state index in [1.807, 2.05) is 30.3 Å². The van der Waals surface area contributed by atoms with Gasteiger partial charge in [-0.25, -0.2) is 4.79 Å². The molecular formula is C14H19NO2S. The second kappa shape index (κ2) is 6.69. The molecule has 0 spiro atoms. The van der Waals surface area contributed by atoms with Crippen LogP contribution >= 0.6 is 12.6 Å². The summed E-state index contributed by atoms with van der Waals surface area (Å²) in [5.41, 5.74) is 1.02. The summed E-state index contributed by atoms with van der Waals surface area (Å²) in [7, 11) is 0. The summed E-state index contributed by atoms with van der Waals surface area (Å²) < 4.78 is 5.31. The van der Waals surface area contributed by atoms with Crippen LogP contribution in [0.2, 0.25) is 0 Å². The van der Waals surface area contributed by atoms with Gasteiger partial charge in [0.2, 0.25) is 0 Å². The topological polar surface area (TPSA) is 29.5 Å². The van der Waals surface area contributed by atoms with Crippen LogP contribution in [-0.4, -0.2) is 29.8 Å². The van der Waals surface area contributed by atoms with E-state index in [9.17, 15) is 4.79 Å². The highest BCUT2D eigenvalue weighted by atomic mass is 32.1. The van der Waals surface area contributed by atoms with Gasteiger partial charge < -0.3 is 9.64 Å². The van der Waals surface area contributed by atoms with Crippen molar-refractivity contribution in [1.82, 2.24) is 4.90 Å². The van der Waals surface area contributed by atoms with Gasteiger partial charge in [-0.3, -0.25) is 0 Å². The van der Waals surface area contributed by atoms with Gasteiger partial charge in [0.05, 0.1) is 0 Å². The first-order chi connectivity index (χ1) is 8.79. The summed E-state index contributed by atoms with van der Waals surface area (Å²) in [6, 6.07) is 9.76. The minimum atomic E-state index is -0.194. The smallest absolute Gasteiger partial charge is 0.410 e. The largest absolute Gasteiger partial charge is 0.445 e. The van der Waals surface area contributed by atoms with Crippen LogP contribution in [-0.2, 0) is 11.3 Å². The maximum Gasteiger partial charge on any atom is 0.410 e. The van der Waals surface area contributed by atoms with Crippen LogP contribution in [0.4, 0.5) is 4.79 Å². The molecule has 1 aromatic rings. The molecule has 1 atom stereocenters. The lowest BCUT2D eigenvalue weighted by Gasteiger charge is -2.16. The lowest BCUT2D eigenvalue weighted by molar-refractivity contribution is 0.103. The molecule has 1 aromatic carbocycles. The highest BCUT2D eigenvalue weighted by Crippen LogP contribution is 2.20. The van der Waals surface area contributed by atoms with Gasteiger partial charge in [-0.05, 0) is 30.1 Å². The van der Waals surface area contributed by atoms with E-state index >= 15 is 0 Å². The number of carbonyl (C=O) groups is 1. The molecule has 4 heteroatoms. The third-order valence-electron chi connectivity index (χ3n) is 3.29. The third-order valence-corrected chi connectivity index (χ3v) is 3.54. The van der Waals surface area contributed by atoms with Crippen molar-refractivity contribution in [3.63, 3.8) is 0 Å². The molecule has 18 heavy (non-hydrogen) atoms. The Labute approximate surface area is 114 Å². The molecule has 0 bridgehead atoms. The van der Waals surface area contributed by atoms with E-state index in [0.717, 1.165) is 37.2 Å². The predicted octanol–water partition coefficient (Wildman–Crippen LogP) is 2.97. The van der Waals surface area contributed by atoms with Crippen LogP contribution in [0.3, 0.4) is 0 Å². The van der Waals surface area contributed by atoms with Gasteiger partial charge in [0.15, 0.2) is 0 Å². The van der Waals surface area contributed by atoms with Crippen LogP contribution in [0.25, 0.3) is 0 Å². The van der Waals surface area contributed by atoms with E-state index in [-0.39, 0.29) is 6.09 Å². The van der Waals surface area contributed by atoms with Crippen molar-refractivity contribution in [2.75, 3.05) is 18.8 Å². The molecule has 1 saturated heterocycles. The number of benzene rings is 1. The van der Waals surface area contributed by atoms with Crippen LogP contribution < -0.4 is 0 Å². The van der Waals surface area contributed by atoms with E-state index in [1.54, 1.807) is 4.90 Å². The molecule has 98 valence electrons. The second-order valence-electron chi connectivity index (χ2n) is 4.65. The van der Waals surface area contributed by atoms with Crippen molar-refractivity contribution in [3.05, 3.63) is 35.9 Å². The Bertz CT molecular complexity index is 383. The monoisotopic (exact) mass is 265 g/mol. The number of hydrogen-bond donors (Lipinski definition) is 1. The molecule has 1 amide bonds. The average molecular weight is 265 g/mol. The quantitative estimate of drug-likeness (QED) is 0.848. The molecule has 1 fully saturated rings. The van der Waals surface area contributed by atoms with Crippen molar-refractivity contribution >= 4 is 18.7 Å². The lowest BCUT2D eigenvalue weighted by Crippen LogP contribution is -2.29. The Kier molecular flexibility index (Phi) is 4.93. The molecule has 0 aromatic heterocycles. The van der Waals surface area contributed by atoms with Gasteiger partial charge in [0.25, 0.3) is 0 Å². The van der Waals surface area contributed by atoms with E-state index in [4.69, 9.17) is 4.74 Å². The van der Waals surface area contributed by atoms with E-state index < -0.39 is 0 Å². The minimum absolute atomic E-state index is 0.194. The first-order valence-electron chi connectivity index (χ1n) is 6.36. The van der Waals surface area contributed by atoms with Gasteiger partial charge >= 0.3 is 6.09 Å². The predicted molar refractivity (Wildman–Crippen MR) is 74.8 cm³/mol. The maximum absolute atomic E-state index is 11.9. The molecule has 3 nitrogen and oxygen atoms in total. The van der Waals surface area contributed by atoms with Crippen molar-refractivity contribution < 1.29 is 9.53 Å². The van der Waals surface area contributed by atoms with Gasteiger partial charge in [-0.1, -0.05) is 30.3 Å². The number of nitrogens with zero attached hydrogens (tertiary/aromatic N) is 1. The number of ether oxygens (including phenoxy) is 1. The zero-order chi connectivity index (χ0) is 12.8. The Morgan fingerprint density at radius 1 is 1.39 bits per heavy atom. The first-order valence-corrected chi connectivity index (χ1v) is 6.99. The standard InChI is InChI=1S/C14H19NO2S/c16-14(15-8-6-12(10-15)7-9-18)17-11-13-4-2-1-3-5-13/h1-5,12,18H,6-11H2/t12-/m1/s1. The summed E-state index contributed by atoms with van der Waals surface area (Å²) in [5, 5.41) is 0. The second-order valence-corrected chi connectivity index (χ2v) is 5.10. The van der Waals surface area contributed by atoms with Crippen molar-refractivity contribution in [1.29, 1.82) is 0 Å². The Morgan fingerprint density at radius 2 is 2.17 bits per heavy atom. The SMILES string of the molecule is O=C(OCc1ccccc1)N1CC[C@H](CCS)C1. The number of thiol groups is 1. The van der Waals surface area contributed by atoms with Crippen molar-refractivity contribution in [2.24, 2.45) is 5.92 Å². The Balaban J connectivity index is 1.76. The molecule has 0 radical (unpaired) electrons. The Hall–Kier alpha value is -1.16. The molecule has 0 N–H and O–H groups in total. The average Bonchev–Trinajstić information content (AvgIpc) is 2.86. The van der Waals surface area contributed by atoms with E-state index in [1.165, 1.54) is 0 Å². The number of hydrogen-bond acceptors (Lipinski definition) is 3. The number of carbonyl (C=O) groups excluding carboxylic acids is 1. The molecule has 1 aliphatic rings. The van der Waals surface area contributed by atoms with Crippen molar-refractivity contribution in [3.8, 4) is 0 Å². The summed E-state index contributed by atoms with van der Waals surface area (Å²) in [6.45, 7) is 1.98. The lowest BCUT2D eigenvalue weighted by atomic mass is 10.1. The van der Waals surface area contributed by atoms with Gasteiger partial charge in [0.1, 0.15) is 6.61 Å². The minimum Gasteiger partial charge on any atom is -0.445 e. The van der Waals surface area contributed by atoms with Crippen LogP contribution in [0.1, 0.15) is 18.4 Å². The fraction of sp³-hybridized carbons (Fsp3) is 0.500. The normalized spacial score (nSPS) is 18.9. The van der Waals surface area contributed by atoms with Gasteiger partial charge in [0, 0.05) is 13.1 Å². The molecule has 0 aliphatic carbocycles. The summed E-state index contributed by atoms with van der Waals surface area (Å²) in [5.74, 6) is 1.48. The highest BCUT2D eigenvalue weighted by molar-refractivity contribution is 7.80. The maximum atomic E-state index is 11.9. The Morgan fingerprint density at radius 3 is 2.89 bits per heavy atom. The zero-order valence-corrected chi connectivity index (χ0v) is 11.3. The van der Waals surface area contributed by atoms with E-state index in [0.29, 0.717) is 12.5 Å². The van der Waals surface area contributed by atoms with Crippen LogP contribution in [0.15, 0.2) is 30.3 Å². The molecule has 1 aliphatic heterocycles. The summed E-state index contributed by atoms with van der Waals surface area (Å²) >= 11 is 4.23. The van der Waals surface area contributed by atoms with E-state index in [2.05, 4.69) is 12.6 Å². The molecule has 0 saturated carbocycles. The summed E-state index contributed by atoms with van der Waals surface area (Å²) in [4.78, 5) is 13.7. The highest BCUT2D eigenvalue weighted by Gasteiger charge is 2.26. The fourth-order valence-corrected chi connectivity index (χ4v) is 2.59. The number of amides is 1. The fourth-order valence-electron chi connectivity index (χ4n) is 2.23. The van der Waals surface area contributed by atoms with Gasteiger partial charge in [-0.2, -0.15) is 12.6 Å². The molecular weight excluding hydrogens is 246 g/mol. The third kappa shape index (κ3) is 3.67. The van der Waals surface area contributed by atoms with Gasteiger partial charge in [-0.15, -0.1) is 0 Å². The van der Waals surface area contributed by atoms with Crippen LogP contribution in [0, 0.1) is 5.92 Å². The zero-order valence-electron chi connectivity index (χ0n) is 10.4. The summed E-state index contributed by atoms with van der Waals surface area (Å²) in [6.07, 6.45) is 1.95. The number of likely N-dealkylation sites (tertiary alicyclic amines) is 1. The van der Waals surface area contributed by atoms with Crippen molar-refractivity contribution in [2.45, 2.75) is 19.4 Å². The first kappa shape index (κ1) is 13.3. The van der Waals surface area contributed by atoms with Crippen LogP contribution in [0.5, 0.6) is 0 Å². The molecule has 1 heterocycles. The molecule has 0 unspecified atom stereocenters.